The summed E-state index contributed by atoms with van der Waals surface area (Å²) >= 11 is 5.76. The molecule has 0 aliphatic heterocycles. The second kappa shape index (κ2) is 5.77. The number of aromatic nitrogens is 2. The summed E-state index contributed by atoms with van der Waals surface area (Å²) in [6, 6.07) is 4.24. The predicted molar refractivity (Wildman–Crippen MR) is 72.3 cm³/mol. The van der Waals surface area contributed by atoms with Crippen molar-refractivity contribution in [3.05, 3.63) is 46.7 Å². The van der Waals surface area contributed by atoms with E-state index in [-0.39, 0.29) is 16.4 Å². The number of nitrogens with one attached hydrogen (secondary N) is 1. The number of carbonyl (C=O) groups is 1. The van der Waals surface area contributed by atoms with E-state index in [2.05, 4.69) is 10.4 Å². The van der Waals surface area contributed by atoms with Crippen LogP contribution in [0.4, 0.5) is 18.9 Å². The number of benzene rings is 1. The molecule has 112 valence electrons. The van der Waals surface area contributed by atoms with Crippen LogP contribution in [0.25, 0.3) is 0 Å². The second-order valence-electron chi connectivity index (χ2n) is 4.20. The molecule has 0 saturated carbocycles. The first kappa shape index (κ1) is 15.4. The summed E-state index contributed by atoms with van der Waals surface area (Å²) in [5, 5.41) is 6.23. The number of anilines is 1. The van der Waals surface area contributed by atoms with Gasteiger partial charge in [-0.3, -0.25) is 9.48 Å². The van der Waals surface area contributed by atoms with Crippen molar-refractivity contribution in [3.63, 3.8) is 0 Å². The highest BCUT2D eigenvalue weighted by Gasteiger charge is 2.31. The van der Waals surface area contributed by atoms with Gasteiger partial charge in [-0.2, -0.15) is 18.3 Å². The summed E-state index contributed by atoms with van der Waals surface area (Å²) in [5.41, 5.74) is -0.616. The first-order chi connectivity index (χ1) is 9.81. The van der Waals surface area contributed by atoms with E-state index >= 15 is 0 Å². The third-order valence-electron chi connectivity index (χ3n) is 2.74. The Bertz CT molecular complexity index is 667. The van der Waals surface area contributed by atoms with Gasteiger partial charge in [0, 0.05) is 12.7 Å². The molecule has 8 heteroatoms. The van der Waals surface area contributed by atoms with Crippen LogP contribution in [0.2, 0.25) is 5.02 Å². The van der Waals surface area contributed by atoms with Gasteiger partial charge in [-0.25, -0.2) is 0 Å². The van der Waals surface area contributed by atoms with E-state index < -0.39 is 17.6 Å². The quantitative estimate of drug-likeness (QED) is 0.935. The zero-order valence-corrected chi connectivity index (χ0v) is 11.7. The SMILES string of the molecule is CCn1ccc(C(=O)Nc2ccc(C(F)(F)F)cc2Cl)n1. The Hall–Kier alpha value is -2.02. The van der Waals surface area contributed by atoms with Crippen LogP contribution in [0, 0.1) is 0 Å². The molecular weight excluding hydrogens is 307 g/mol. The standard InChI is InChI=1S/C13H11ClF3N3O/c1-2-20-6-5-11(19-20)12(21)18-10-4-3-8(7-9(10)14)13(15,16)17/h3-7H,2H2,1H3,(H,18,21). The number of nitrogens with zero attached hydrogens (tertiary/aromatic N) is 2. The zero-order chi connectivity index (χ0) is 15.6. The van der Waals surface area contributed by atoms with Crippen LogP contribution >= 0.6 is 11.6 Å². The third-order valence-corrected chi connectivity index (χ3v) is 3.05. The van der Waals surface area contributed by atoms with E-state index in [1.807, 2.05) is 6.92 Å². The minimum absolute atomic E-state index is 0.0979. The number of aryl methyl sites for hydroxylation is 1. The van der Waals surface area contributed by atoms with Gasteiger partial charge in [-0.1, -0.05) is 11.6 Å². The van der Waals surface area contributed by atoms with Crippen LogP contribution < -0.4 is 5.32 Å². The molecule has 0 atom stereocenters. The van der Waals surface area contributed by atoms with Gasteiger partial charge in [0.25, 0.3) is 5.91 Å². The molecule has 1 amide bonds. The van der Waals surface area contributed by atoms with Crippen molar-refractivity contribution in [1.82, 2.24) is 9.78 Å². The Morgan fingerprint density at radius 2 is 2.10 bits per heavy atom. The third kappa shape index (κ3) is 3.55. The number of rotatable bonds is 3. The number of amides is 1. The monoisotopic (exact) mass is 317 g/mol. The number of hydrogen-bond acceptors (Lipinski definition) is 2. The van der Waals surface area contributed by atoms with E-state index in [0.29, 0.717) is 6.54 Å². The maximum absolute atomic E-state index is 12.5. The molecule has 4 nitrogen and oxygen atoms in total. The topological polar surface area (TPSA) is 46.9 Å². The van der Waals surface area contributed by atoms with E-state index in [1.54, 1.807) is 10.9 Å². The molecule has 21 heavy (non-hydrogen) atoms. The molecule has 0 bridgehead atoms. The van der Waals surface area contributed by atoms with Crippen LogP contribution in [-0.4, -0.2) is 15.7 Å². The fraction of sp³-hybridized carbons (Fsp3) is 0.231. The Balaban J connectivity index is 2.18. The zero-order valence-electron chi connectivity index (χ0n) is 10.9. The molecular formula is C13H11ClF3N3O. The Labute approximate surface area is 123 Å². The molecule has 1 aromatic heterocycles. The lowest BCUT2D eigenvalue weighted by Gasteiger charge is -2.10. The van der Waals surface area contributed by atoms with E-state index in [0.717, 1.165) is 18.2 Å². The van der Waals surface area contributed by atoms with E-state index in [1.165, 1.54) is 6.07 Å². The van der Waals surface area contributed by atoms with Gasteiger partial charge >= 0.3 is 6.18 Å². The lowest BCUT2D eigenvalue weighted by atomic mass is 10.2. The fourth-order valence-corrected chi connectivity index (χ4v) is 1.87. The maximum Gasteiger partial charge on any atom is 0.416 e. The molecule has 0 radical (unpaired) electrons. The van der Waals surface area contributed by atoms with Crippen molar-refractivity contribution in [3.8, 4) is 0 Å². The van der Waals surface area contributed by atoms with Gasteiger partial charge in [0.2, 0.25) is 0 Å². The van der Waals surface area contributed by atoms with Crippen molar-refractivity contribution in [2.45, 2.75) is 19.6 Å². The number of halogens is 4. The summed E-state index contributed by atoms with van der Waals surface area (Å²) in [6.07, 6.45) is -2.85. The van der Waals surface area contributed by atoms with Crippen LogP contribution in [0.5, 0.6) is 0 Å². The molecule has 1 aromatic carbocycles. The van der Waals surface area contributed by atoms with Gasteiger partial charge in [0.05, 0.1) is 16.3 Å². The van der Waals surface area contributed by atoms with E-state index in [4.69, 9.17) is 11.6 Å². The summed E-state index contributed by atoms with van der Waals surface area (Å²) in [6.45, 7) is 2.47. The van der Waals surface area contributed by atoms with Crippen LogP contribution in [-0.2, 0) is 12.7 Å². The maximum atomic E-state index is 12.5. The van der Waals surface area contributed by atoms with Crippen molar-refractivity contribution in [2.75, 3.05) is 5.32 Å². The van der Waals surface area contributed by atoms with Gasteiger partial charge in [-0.05, 0) is 31.2 Å². The molecule has 1 heterocycles. The minimum atomic E-state index is -4.48. The molecule has 0 aliphatic carbocycles. The summed E-state index contributed by atoms with van der Waals surface area (Å²) in [4.78, 5) is 11.9. The van der Waals surface area contributed by atoms with Gasteiger partial charge in [0.15, 0.2) is 5.69 Å². The molecule has 0 saturated heterocycles. The summed E-state index contributed by atoms with van der Waals surface area (Å²) in [7, 11) is 0. The van der Waals surface area contributed by atoms with Gasteiger partial charge in [-0.15, -0.1) is 0 Å². The molecule has 0 unspecified atom stereocenters. The molecule has 0 spiro atoms. The number of hydrogen-bond donors (Lipinski definition) is 1. The highest BCUT2D eigenvalue weighted by molar-refractivity contribution is 6.34. The Kier molecular flexibility index (Phi) is 4.22. The average molecular weight is 318 g/mol. The Morgan fingerprint density at radius 1 is 1.38 bits per heavy atom. The molecule has 0 fully saturated rings. The van der Waals surface area contributed by atoms with Crippen molar-refractivity contribution >= 4 is 23.2 Å². The second-order valence-corrected chi connectivity index (χ2v) is 4.61. The summed E-state index contributed by atoms with van der Waals surface area (Å²) < 4.78 is 39.1. The highest BCUT2D eigenvalue weighted by Crippen LogP contribution is 2.33. The normalized spacial score (nSPS) is 11.5. The minimum Gasteiger partial charge on any atom is -0.319 e. The van der Waals surface area contributed by atoms with Crippen LogP contribution in [0.15, 0.2) is 30.5 Å². The molecule has 0 aliphatic rings. The van der Waals surface area contributed by atoms with Gasteiger partial charge < -0.3 is 5.32 Å². The van der Waals surface area contributed by atoms with E-state index in [9.17, 15) is 18.0 Å². The molecule has 2 rings (SSSR count). The largest absolute Gasteiger partial charge is 0.416 e. The highest BCUT2D eigenvalue weighted by atomic mass is 35.5. The van der Waals surface area contributed by atoms with Crippen LogP contribution in [0.1, 0.15) is 23.0 Å². The average Bonchev–Trinajstić information content (AvgIpc) is 2.88. The van der Waals surface area contributed by atoms with Crippen molar-refractivity contribution in [2.24, 2.45) is 0 Å². The number of carbonyl (C=O) groups excluding carboxylic acids is 1. The van der Waals surface area contributed by atoms with Gasteiger partial charge in [0.1, 0.15) is 0 Å². The lowest BCUT2D eigenvalue weighted by Crippen LogP contribution is -2.14. The Morgan fingerprint density at radius 3 is 2.62 bits per heavy atom. The first-order valence-corrected chi connectivity index (χ1v) is 6.40. The predicted octanol–water partition coefficient (Wildman–Crippen LogP) is 3.83. The molecule has 1 N–H and O–H groups in total. The lowest BCUT2D eigenvalue weighted by molar-refractivity contribution is -0.137. The molecule has 2 aromatic rings. The summed E-state index contributed by atoms with van der Waals surface area (Å²) in [5.74, 6) is -0.538. The van der Waals surface area contributed by atoms with Crippen LogP contribution in [0.3, 0.4) is 0 Å². The number of alkyl halides is 3. The van der Waals surface area contributed by atoms with Crippen molar-refractivity contribution in [1.29, 1.82) is 0 Å². The smallest absolute Gasteiger partial charge is 0.319 e. The van der Waals surface area contributed by atoms with Crippen molar-refractivity contribution < 1.29 is 18.0 Å². The fourth-order valence-electron chi connectivity index (χ4n) is 1.64. The first-order valence-electron chi connectivity index (χ1n) is 6.03.